The molecule has 86 valence electrons. The summed E-state index contributed by atoms with van der Waals surface area (Å²) in [6.45, 7) is 2.01. The maximum absolute atomic E-state index is 12.3. The molecule has 2 aromatic carbocycles. The molecule has 0 aliphatic heterocycles. The number of ketones is 1. The van der Waals surface area contributed by atoms with Crippen LogP contribution in [0.2, 0.25) is 0 Å². The Balaban J connectivity index is 2.43. The third-order valence-corrected chi connectivity index (χ3v) is 3.85. The van der Waals surface area contributed by atoms with E-state index in [1.54, 1.807) is 0 Å². The molecule has 0 fully saturated rings. The molecule has 0 bridgehead atoms. The van der Waals surface area contributed by atoms with Crippen LogP contribution in [0.4, 0.5) is 0 Å². The average Bonchev–Trinajstić information content (AvgIpc) is 2.32. The summed E-state index contributed by atoms with van der Waals surface area (Å²) < 4.78 is 1.89. The van der Waals surface area contributed by atoms with E-state index in [4.69, 9.17) is 0 Å². The Morgan fingerprint density at radius 2 is 1.76 bits per heavy atom. The molecule has 0 N–H and O–H groups in total. The van der Waals surface area contributed by atoms with E-state index in [9.17, 15) is 4.79 Å². The number of aryl methyl sites for hydroxylation is 1. The topological polar surface area (TPSA) is 17.1 Å². The van der Waals surface area contributed by atoms with Gasteiger partial charge in [0.1, 0.15) is 0 Å². The second kappa shape index (κ2) is 5.31. The maximum Gasteiger partial charge on any atom is 0.194 e. The maximum atomic E-state index is 12.3. The van der Waals surface area contributed by atoms with E-state index in [2.05, 4.69) is 38.5 Å². The first-order valence-electron chi connectivity index (χ1n) is 5.14. The van der Waals surface area contributed by atoms with Crippen LogP contribution in [0.25, 0.3) is 0 Å². The van der Waals surface area contributed by atoms with Crippen LogP contribution in [0.1, 0.15) is 21.5 Å². The lowest BCUT2D eigenvalue weighted by molar-refractivity contribution is 0.103. The van der Waals surface area contributed by atoms with Gasteiger partial charge in [0.25, 0.3) is 0 Å². The summed E-state index contributed by atoms with van der Waals surface area (Å²) in [4.78, 5) is 12.3. The van der Waals surface area contributed by atoms with Crippen LogP contribution in [0.3, 0.4) is 0 Å². The fraction of sp³-hybridized carbons (Fsp3) is 0.0714. The fourth-order valence-electron chi connectivity index (χ4n) is 1.53. The zero-order chi connectivity index (χ0) is 12.4. The van der Waals surface area contributed by atoms with Crippen molar-refractivity contribution in [1.29, 1.82) is 0 Å². The summed E-state index contributed by atoms with van der Waals surface area (Å²) in [5, 5.41) is 0. The van der Waals surface area contributed by atoms with Gasteiger partial charge in [-0.3, -0.25) is 4.79 Å². The van der Waals surface area contributed by atoms with Crippen LogP contribution >= 0.6 is 38.5 Å². The summed E-state index contributed by atoms with van der Waals surface area (Å²) in [6, 6.07) is 13.4. The molecule has 0 radical (unpaired) electrons. The molecule has 0 saturated heterocycles. The zero-order valence-corrected chi connectivity index (χ0v) is 12.9. The smallest absolute Gasteiger partial charge is 0.194 e. The highest BCUT2D eigenvalue weighted by molar-refractivity contribution is 14.1. The van der Waals surface area contributed by atoms with Crippen LogP contribution in [-0.2, 0) is 0 Å². The van der Waals surface area contributed by atoms with Gasteiger partial charge >= 0.3 is 0 Å². The van der Waals surface area contributed by atoms with Crippen LogP contribution in [0.5, 0.6) is 0 Å². The van der Waals surface area contributed by atoms with Crippen molar-refractivity contribution in [3.05, 3.63) is 67.2 Å². The lowest BCUT2D eigenvalue weighted by Crippen LogP contribution is -2.02. The van der Waals surface area contributed by atoms with Crippen LogP contribution < -0.4 is 0 Å². The standard InChI is InChI=1S/C14H10BrIO/c1-9-2-4-10(5-3-9)14(17)12-8-11(16)6-7-13(12)15/h2-8H,1H3. The van der Waals surface area contributed by atoms with Crippen molar-refractivity contribution in [3.63, 3.8) is 0 Å². The normalized spacial score (nSPS) is 10.3. The Morgan fingerprint density at radius 1 is 1.12 bits per heavy atom. The quantitative estimate of drug-likeness (QED) is 0.532. The number of halogens is 2. The Bertz CT molecular complexity index is 561. The first kappa shape index (κ1) is 12.8. The SMILES string of the molecule is Cc1ccc(C(=O)c2cc(I)ccc2Br)cc1. The lowest BCUT2D eigenvalue weighted by Gasteiger charge is -2.05. The van der Waals surface area contributed by atoms with E-state index in [0.29, 0.717) is 5.56 Å². The van der Waals surface area contributed by atoms with Gasteiger partial charge in [-0.25, -0.2) is 0 Å². The molecule has 0 spiro atoms. The number of hydrogen-bond acceptors (Lipinski definition) is 1. The van der Waals surface area contributed by atoms with E-state index in [1.165, 1.54) is 0 Å². The van der Waals surface area contributed by atoms with Crippen molar-refractivity contribution in [2.24, 2.45) is 0 Å². The first-order valence-corrected chi connectivity index (χ1v) is 7.01. The molecule has 0 amide bonds. The minimum Gasteiger partial charge on any atom is -0.289 e. The molecular formula is C14H10BrIO. The number of hydrogen-bond donors (Lipinski definition) is 0. The van der Waals surface area contributed by atoms with Gasteiger partial charge in [-0.1, -0.05) is 45.8 Å². The van der Waals surface area contributed by atoms with E-state index in [-0.39, 0.29) is 5.78 Å². The third kappa shape index (κ3) is 2.96. The monoisotopic (exact) mass is 400 g/mol. The second-order valence-corrected chi connectivity index (χ2v) is 5.92. The number of benzene rings is 2. The first-order chi connectivity index (χ1) is 8.08. The summed E-state index contributed by atoms with van der Waals surface area (Å²) in [5.41, 5.74) is 2.59. The Labute approximate surface area is 123 Å². The van der Waals surface area contributed by atoms with Crippen LogP contribution in [0.15, 0.2) is 46.9 Å². The van der Waals surface area contributed by atoms with E-state index in [0.717, 1.165) is 19.2 Å². The molecule has 0 aliphatic rings. The number of carbonyl (C=O) groups is 1. The molecule has 0 atom stereocenters. The highest BCUT2D eigenvalue weighted by atomic mass is 127. The minimum atomic E-state index is 0.0513. The van der Waals surface area contributed by atoms with Crippen LogP contribution in [-0.4, -0.2) is 5.78 Å². The molecule has 0 heterocycles. The molecule has 17 heavy (non-hydrogen) atoms. The van der Waals surface area contributed by atoms with Gasteiger partial charge in [0, 0.05) is 19.2 Å². The van der Waals surface area contributed by atoms with Crippen molar-refractivity contribution < 1.29 is 4.79 Å². The van der Waals surface area contributed by atoms with E-state index in [1.807, 2.05) is 49.4 Å². The van der Waals surface area contributed by atoms with Crippen molar-refractivity contribution in [2.75, 3.05) is 0 Å². The summed E-state index contributed by atoms with van der Waals surface area (Å²) in [7, 11) is 0. The number of carbonyl (C=O) groups excluding carboxylic acids is 1. The zero-order valence-electron chi connectivity index (χ0n) is 9.21. The van der Waals surface area contributed by atoms with Gasteiger partial charge in [0.15, 0.2) is 5.78 Å². The molecule has 2 rings (SSSR count). The Morgan fingerprint density at radius 3 is 2.41 bits per heavy atom. The van der Waals surface area contributed by atoms with Crippen molar-refractivity contribution >= 4 is 44.3 Å². The van der Waals surface area contributed by atoms with Gasteiger partial charge in [-0.15, -0.1) is 0 Å². The van der Waals surface area contributed by atoms with Gasteiger partial charge in [0.2, 0.25) is 0 Å². The molecule has 0 unspecified atom stereocenters. The average molecular weight is 401 g/mol. The highest BCUT2D eigenvalue weighted by Gasteiger charge is 2.12. The van der Waals surface area contributed by atoms with Gasteiger partial charge in [0.05, 0.1) is 0 Å². The summed E-state index contributed by atoms with van der Waals surface area (Å²) in [5.74, 6) is 0.0513. The third-order valence-electron chi connectivity index (χ3n) is 2.49. The van der Waals surface area contributed by atoms with E-state index < -0.39 is 0 Å². The summed E-state index contributed by atoms with van der Waals surface area (Å²) >= 11 is 5.63. The molecule has 0 aliphatic carbocycles. The molecule has 1 nitrogen and oxygen atoms in total. The van der Waals surface area contributed by atoms with Crippen molar-refractivity contribution in [3.8, 4) is 0 Å². The largest absolute Gasteiger partial charge is 0.289 e. The van der Waals surface area contributed by atoms with Gasteiger partial charge in [-0.2, -0.15) is 0 Å². The van der Waals surface area contributed by atoms with Gasteiger partial charge < -0.3 is 0 Å². The van der Waals surface area contributed by atoms with Gasteiger partial charge in [-0.05, 0) is 47.7 Å². The molecule has 0 saturated carbocycles. The van der Waals surface area contributed by atoms with Crippen LogP contribution in [0, 0.1) is 10.5 Å². The summed E-state index contributed by atoms with van der Waals surface area (Å²) in [6.07, 6.45) is 0. The predicted octanol–water partition coefficient (Wildman–Crippen LogP) is 4.59. The minimum absolute atomic E-state index is 0.0513. The second-order valence-electron chi connectivity index (χ2n) is 3.82. The van der Waals surface area contributed by atoms with Crippen molar-refractivity contribution in [2.45, 2.75) is 6.92 Å². The van der Waals surface area contributed by atoms with E-state index >= 15 is 0 Å². The molecule has 0 aromatic heterocycles. The fourth-order valence-corrected chi connectivity index (χ4v) is 2.45. The Hall–Kier alpha value is -0.680. The lowest BCUT2D eigenvalue weighted by atomic mass is 10.0. The highest BCUT2D eigenvalue weighted by Crippen LogP contribution is 2.22. The molecule has 3 heteroatoms. The van der Waals surface area contributed by atoms with Crippen molar-refractivity contribution in [1.82, 2.24) is 0 Å². The predicted molar refractivity (Wildman–Crippen MR) is 81.5 cm³/mol. The molecule has 2 aromatic rings. The molecular weight excluding hydrogens is 391 g/mol. The Kier molecular flexibility index (Phi) is 3.99. The number of rotatable bonds is 2.